The van der Waals surface area contributed by atoms with Crippen LogP contribution in [-0.2, 0) is 9.84 Å². The molecule has 1 aromatic rings. The Morgan fingerprint density at radius 2 is 2.06 bits per heavy atom. The fourth-order valence-electron chi connectivity index (χ4n) is 1.17. The molecular formula is C9H11ClN2O2S2. The lowest BCUT2D eigenvalue weighted by Crippen LogP contribution is -2.19. The maximum atomic E-state index is 11.4. The summed E-state index contributed by atoms with van der Waals surface area (Å²) in [5.74, 6) is 0. The van der Waals surface area contributed by atoms with E-state index in [0.717, 1.165) is 6.26 Å². The molecule has 88 valence electrons. The van der Waals surface area contributed by atoms with Gasteiger partial charge in [0.2, 0.25) is 0 Å². The number of nitrogens with two attached hydrogens (primary N) is 1. The maximum Gasteiger partial charge on any atom is 0.175 e. The van der Waals surface area contributed by atoms with Crippen molar-refractivity contribution >= 4 is 44.5 Å². The van der Waals surface area contributed by atoms with Crippen LogP contribution >= 0.6 is 23.8 Å². The summed E-state index contributed by atoms with van der Waals surface area (Å²) in [7, 11) is -3.28. The first-order chi connectivity index (χ1) is 7.21. The lowest BCUT2D eigenvalue weighted by atomic mass is 10.2. The lowest BCUT2D eigenvalue weighted by molar-refractivity contribution is 0.602. The number of benzene rings is 1. The minimum Gasteiger partial charge on any atom is -0.376 e. The average molecular weight is 279 g/mol. The zero-order chi connectivity index (χ0) is 12.5. The summed E-state index contributed by atoms with van der Waals surface area (Å²) in [6.45, 7) is 1.71. The molecule has 0 saturated heterocycles. The van der Waals surface area contributed by atoms with Crippen molar-refractivity contribution in [2.24, 2.45) is 5.73 Å². The van der Waals surface area contributed by atoms with Gasteiger partial charge < -0.3 is 11.1 Å². The van der Waals surface area contributed by atoms with Crippen LogP contribution in [0.3, 0.4) is 0 Å². The van der Waals surface area contributed by atoms with Crippen LogP contribution in [0.5, 0.6) is 0 Å². The Morgan fingerprint density at radius 3 is 2.50 bits per heavy atom. The molecule has 0 amide bonds. The molecule has 0 aromatic heterocycles. The number of hydrogen-bond donors (Lipinski definition) is 2. The Morgan fingerprint density at radius 1 is 1.50 bits per heavy atom. The van der Waals surface area contributed by atoms with Gasteiger partial charge in [-0.25, -0.2) is 8.42 Å². The van der Waals surface area contributed by atoms with E-state index in [1.54, 1.807) is 6.92 Å². The molecule has 16 heavy (non-hydrogen) atoms. The van der Waals surface area contributed by atoms with E-state index >= 15 is 0 Å². The normalized spacial score (nSPS) is 11.2. The Hall–Kier alpha value is -0.850. The summed E-state index contributed by atoms with van der Waals surface area (Å²) in [6.07, 6.45) is 1.13. The van der Waals surface area contributed by atoms with E-state index in [4.69, 9.17) is 17.3 Å². The molecule has 0 spiro atoms. The van der Waals surface area contributed by atoms with Gasteiger partial charge in [-0.1, -0.05) is 11.6 Å². The number of anilines is 1. The standard InChI is InChI=1S/C9H11ClN2O2S2/c1-5-3-6(16(2,13)14)4-7(8(5)10)12-9(11)15/h3-4H,1-2H3,(H3,11,12,15). The van der Waals surface area contributed by atoms with Gasteiger partial charge in [0.1, 0.15) is 0 Å². The molecule has 0 saturated carbocycles. The van der Waals surface area contributed by atoms with Crippen LogP contribution in [0.15, 0.2) is 17.0 Å². The van der Waals surface area contributed by atoms with Gasteiger partial charge in [0.05, 0.1) is 15.6 Å². The van der Waals surface area contributed by atoms with Crippen molar-refractivity contribution in [1.29, 1.82) is 0 Å². The highest BCUT2D eigenvalue weighted by molar-refractivity contribution is 7.90. The molecule has 4 nitrogen and oxygen atoms in total. The van der Waals surface area contributed by atoms with Gasteiger partial charge in [0.25, 0.3) is 0 Å². The van der Waals surface area contributed by atoms with Crippen molar-refractivity contribution in [3.05, 3.63) is 22.7 Å². The van der Waals surface area contributed by atoms with E-state index < -0.39 is 9.84 Å². The predicted molar refractivity (Wildman–Crippen MR) is 69.7 cm³/mol. The Labute approximate surface area is 105 Å². The monoisotopic (exact) mass is 278 g/mol. The fourth-order valence-corrected chi connectivity index (χ4v) is 2.16. The van der Waals surface area contributed by atoms with Crippen molar-refractivity contribution in [2.45, 2.75) is 11.8 Å². The number of halogens is 1. The molecule has 0 fully saturated rings. The highest BCUT2D eigenvalue weighted by atomic mass is 35.5. The van der Waals surface area contributed by atoms with E-state index in [1.165, 1.54) is 12.1 Å². The molecule has 3 N–H and O–H groups in total. The Bertz CT molecular complexity index is 541. The minimum atomic E-state index is -3.28. The first-order valence-electron chi connectivity index (χ1n) is 4.28. The fraction of sp³-hybridized carbons (Fsp3) is 0.222. The SMILES string of the molecule is Cc1cc(S(C)(=O)=O)cc(NC(N)=S)c1Cl. The Balaban J connectivity index is 3.39. The number of rotatable bonds is 2. The smallest absolute Gasteiger partial charge is 0.175 e. The van der Waals surface area contributed by atoms with Crippen LogP contribution in [0.25, 0.3) is 0 Å². The van der Waals surface area contributed by atoms with Crippen LogP contribution in [-0.4, -0.2) is 19.8 Å². The third kappa shape index (κ3) is 3.07. The van der Waals surface area contributed by atoms with E-state index in [2.05, 4.69) is 17.5 Å². The summed E-state index contributed by atoms with van der Waals surface area (Å²) in [4.78, 5) is 0.174. The van der Waals surface area contributed by atoms with Gasteiger partial charge in [0, 0.05) is 6.26 Å². The number of thiocarbonyl (C=S) groups is 1. The largest absolute Gasteiger partial charge is 0.376 e. The van der Waals surface area contributed by atoms with Gasteiger partial charge in [-0.3, -0.25) is 0 Å². The molecule has 0 atom stereocenters. The Kier molecular flexibility index (Phi) is 3.77. The third-order valence-corrected chi connectivity index (χ3v) is 3.61. The van der Waals surface area contributed by atoms with Crippen LogP contribution in [0.4, 0.5) is 5.69 Å². The molecule has 0 bridgehead atoms. The summed E-state index contributed by atoms with van der Waals surface area (Å²) < 4.78 is 22.8. The van der Waals surface area contributed by atoms with Crippen LogP contribution in [0.2, 0.25) is 5.02 Å². The van der Waals surface area contributed by atoms with E-state index in [-0.39, 0.29) is 10.0 Å². The van der Waals surface area contributed by atoms with E-state index in [9.17, 15) is 8.42 Å². The molecule has 7 heteroatoms. The number of sulfone groups is 1. The second-order valence-electron chi connectivity index (χ2n) is 3.36. The molecule has 1 rings (SSSR count). The second kappa shape index (κ2) is 4.57. The molecule has 0 aliphatic carbocycles. The quantitative estimate of drug-likeness (QED) is 0.806. The summed E-state index contributed by atoms with van der Waals surface area (Å²) in [5.41, 5.74) is 6.35. The molecule has 1 aromatic carbocycles. The zero-order valence-corrected chi connectivity index (χ0v) is 11.1. The van der Waals surface area contributed by atoms with Gasteiger partial charge in [-0.2, -0.15) is 0 Å². The molecule has 0 aliphatic heterocycles. The van der Waals surface area contributed by atoms with E-state index in [1.807, 2.05) is 0 Å². The lowest BCUT2D eigenvalue weighted by Gasteiger charge is -2.10. The van der Waals surface area contributed by atoms with Crippen molar-refractivity contribution in [3.63, 3.8) is 0 Å². The van der Waals surface area contributed by atoms with Crippen LogP contribution in [0.1, 0.15) is 5.56 Å². The average Bonchev–Trinajstić information content (AvgIpc) is 2.10. The second-order valence-corrected chi connectivity index (χ2v) is 6.20. The minimum absolute atomic E-state index is 0.0342. The highest BCUT2D eigenvalue weighted by Crippen LogP contribution is 2.29. The van der Waals surface area contributed by atoms with Crippen molar-refractivity contribution in [3.8, 4) is 0 Å². The van der Waals surface area contributed by atoms with Gasteiger partial charge in [-0.15, -0.1) is 0 Å². The van der Waals surface area contributed by atoms with Gasteiger partial charge in [-0.05, 0) is 36.8 Å². The first-order valence-corrected chi connectivity index (χ1v) is 6.96. The van der Waals surface area contributed by atoms with Gasteiger partial charge in [0.15, 0.2) is 14.9 Å². The third-order valence-electron chi connectivity index (χ3n) is 1.91. The number of hydrogen-bond acceptors (Lipinski definition) is 3. The predicted octanol–water partition coefficient (Wildman–Crippen LogP) is 1.71. The molecular weight excluding hydrogens is 268 g/mol. The van der Waals surface area contributed by atoms with Crippen LogP contribution < -0.4 is 11.1 Å². The summed E-state index contributed by atoms with van der Waals surface area (Å²) >= 11 is 10.7. The van der Waals surface area contributed by atoms with E-state index in [0.29, 0.717) is 16.3 Å². The van der Waals surface area contributed by atoms with Crippen LogP contribution in [0, 0.1) is 6.92 Å². The zero-order valence-electron chi connectivity index (χ0n) is 8.74. The molecule has 0 aliphatic rings. The number of aryl methyl sites for hydroxylation is 1. The molecule has 0 radical (unpaired) electrons. The van der Waals surface area contributed by atoms with Crippen molar-refractivity contribution in [2.75, 3.05) is 11.6 Å². The molecule has 0 unspecified atom stereocenters. The summed E-state index contributed by atoms with van der Waals surface area (Å²) in [5, 5.41) is 3.08. The molecule has 0 heterocycles. The van der Waals surface area contributed by atoms with Crippen molar-refractivity contribution < 1.29 is 8.42 Å². The topological polar surface area (TPSA) is 72.2 Å². The number of nitrogens with one attached hydrogen (secondary N) is 1. The van der Waals surface area contributed by atoms with Gasteiger partial charge >= 0.3 is 0 Å². The van der Waals surface area contributed by atoms with Crippen molar-refractivity contribution in [1.82, 2.24) is 0 Å². The summed E-state index contributed by atoms with van der Waals surface area (Å²) in [6, 6.07) is 2.91. The highest BCUT2D eigenvalue weighted by Gasteiger charge is 2.13. The first kappa shape index (κ1) is 13.2. The maximum absolute atomic E-state index is 11.4.